The summed E-state index contributed by atoms with van der Waals surface area (Å²) in [6, 6.07) is 6.77. The summed E-state index contributed by atoms with van der Waals surface area (Å²) in [7, 11) is 0. The van der Waals surface area contributed by atoms with Gasteiger partial charge in [-0.1, -0.05) is 4.68 Å². The first-order valence-electron chi connectivity index (χ1n) is 7.79. The number of carbonyl (C=O) groups excluding carboxylic acids is 1. The van der Waals surface area contributed by atoms with Crippen molar-refractivity contribution in [3.05, 3.63) is 52.1 Å². The predicted octanol–water partition coefficient (Wildman–Crippen LogP) is -0.502. The maximum absolute atomic E-state index is 12.1. The van der Waals surface area contributed by atoms with Crippen LogP contribution in [0.5, 0.6) is 11.5 Å². The van der Waals surface area contributed by atoms with E-state index >= 15 is 0 Å². The van der Waals surface area contributed by atoms with Gasteiger partial charge in [0, 0.05) is 16.9 Å². The van der Waals surface area contributed by atoms with Gasteiger partial charge < -0.3 is 9.47 Å². The third-order valence-corrected chi connectivity index (χ3v) is 3.74. The number of benzene rings is 1. The minimum absolute atomic E-state index is 0.138. The van der Waals surface area contributed by atoms with Crippen molar-refractivity contribution in [1.29, 1.82) is 0 Å². The van der Waals surface area contributed by atoms with Crippen molar-refractivity contribution in [3.8, 4) is 11.5 Å². The third-order valence-electron chi connectivity index (χ3n) is 3.74. The van der Waals surface area contributed by atoms with E-state index in [-0.39, 0.29) is 24.4 Å². The van der Waals surface area contributed by atoms with Crippen LogP contribution in [0, 0.1) is 6.92 Å². The number of hydrazone groups is 1. The molecule has 0 saturated heterocycles. The van der Waals surface area contributed by atoms with Crippen LogP contribution in [-0.2, 0) is 11.3 Å². The maximum Gasteiger partial charge on any atom is 0.331 e. The van der Waals surface area contributed by atoms with E-state index in [2.05, 4.69) is 20.7 Å². The number of aromatic amines is 1. The van der Waals surface area contributed by atoms with Crippen LogP contribution in [-0.4, -0.2) is 33.8 Å². The van der Waals surface area contributed by atoms with Crippen LogP contribution in [0.25, 0.3) is 5.65 Å². The van der Waals surface area contributed by atoms with E-state index in [1.165, 1.54) is 27.8 Å². The molecule has 10 nitrogen and oxygen atoms in total. The Hall–Kier alpha value is -3.69. The summed E-state index contributed by atoms with van der Waals surface area (Å²) in [5, 5.41) is 10.9. The molecule has 1 aromatic carbocycles. The van der Waals surface area contributed by atoms with E-state index in [0.29, 0.717) is 17.2 Å². The molecule has 0 radical (unpaired) electrons. The molecule has 10 heteroatoms. The van der Waals surface area contributed by atoms with E-state index in [9.17, 15) is 9.59 Å². The number of hydrogen-bond donors (Lipinski definition) is 2. The van der Waals surface area contributed by atoms with Crippen LogP contribution in [0.4, 0.5) is 0 Å². The van der Waals surface area contributed by atoms with E-state index in [4.69, 9.17) is 9.47 Å². The Morgan fingerprint density at radius 2 is 2.27 bits per heavy atom. The molecule has 3 heterocycles. The number of fused-ring (bicyclic) bond motifs is 2. The number of rotatable bonds is 4. The first kappa shape index (κ1) is 15.8. The topological polar surface area (TPSA) is 115 Å². The van der Waals surface area contributed by atoms with Gasteiger partial charge in [0.2, 0.25) is 6.79 Å². The second-order valence-corrected chi connectivity index (χ2v) is 5.69. The summed E-state index contributed by atoms with van der Waals surface area (Å²) in [5.74, 6) is 0.900. The third kappa shape index (κ3) is 2.99. The zero-order chi connectivity index (χ0) is 18.1. The lowest BCUT2D eigenvalue weighted by Gasteiger charge is -1.98. The molecule has 1 aliphatic heterocycles. The lowest BCUT2D eigenvalue weighted by Crippen LogP contribution is -2.33. The summed E-state index contributed by atoms with van der Waals surface area (Å²) in [5.41, 5.74) is 3.90. The Morgan fingerprint density at radius 1 is 1.42 bits per heavy atom. The summed E-state index contributed by atoms with van der Waals surface area (Å²) in [6.45, 7) is 1.82. The Labute approximate surface area is 146 Å². The van der Waals surface area contributed by atoms with Gasteiger partial charge in [-0.15, -0.1) is 4.52 Å². The highest BCUT2D eigenvalue weighted by Crippen LogP contribution is 2.31. The highest BCUT2D eigenvalue weighted by Gasteiger charge is 2.18. The Morgan fingerprint density at radius 3 is 3.15 bits per heavy atom. The molecule has 132 valence electrons. The summed E-state index contributed by atoms with van der Waals surface area (Å²) >= 11 is 0. The number of aryl methyl sites for hydroxylation is 1. The molecule has 0 spiro atoms. The van der Waals surface area contributed by atoms with Crippen molar-refractivity contribution in [1.82, 2.24) is 20.3 Å². The van der Waals surface area contributed by atoms with Crippen LogP contribution < -0.4 is 24.8 Å². The maximum atomic E-state index is 12.1. The second-order valence-electron chi connectivity index (χ2n) is 5.69. The smallest absolute Gasteiger partial charge is 0.331 e. The molecular weight excluding hydrogens is 340 g/mol. The highest BCUT2D eigenvalue weighted by atomic mass is 16.7. The van der Waals surface area contributed by atoms with Crippen molar-refractivity contribution < 1.29 is 18.8 Å². The van der Waals surface area contributed by atoms with E-state index in [0.717, 1.165) is 5.56 Å². The zero-order valence-corrected chi connectivity index (χ0v) is 13.8. The summed E-state index contributed by atoms with van der Waals surface area (Å²) < 4.78 is 13.3. The molecule has 0 unspecified atom stereocenters. The lowest BCUT2D eigenvalue weighted by atomic mass is 10.2. The fourth-order valence-electron chi connectivity index (χ4n) is 2.62. The van der Waals surface area contributed by atoms with Crippen molar-refractivity contribution in [2.24, 2.45) is 5.10 Å². The summed E-state index contributed by atoms with van der Waals surface area (Å²) in [6.07, 6.45) is 2.93. The zero-order valence-electron chi connectivity index (χ0n) is 13.8. The summed E-state index contributed by atoms with van der Waals surface area (Å²) in [4.78, 5) is 24.1. The number of H-pyrrole nitrogens is 1. The number of carbonyl (C=O) groups is 1. The van der Waals surface area contributed by atoms with Crippen LogP contribution >= 0.6 is 0 Å². The van der Waals surface area contributed by atoms with Crippen LogP contribution in [0.3, 0.4) is 0 Å². The van der Waals surface area contributed by atoms with Gasteiger partial charge in [-0.3, -0.25) is 9.59 Å². The van der Waals surface area contributed by atoms with Gasteiger partial charge in [-0.05, 0) is 30.7 Å². The van der Waals surface area contributed by atoms with E-state index in [1.54, 1.807) is 25.1 Å². The van der Waals surface area contributed by atoms with Gasteiger partial charge in [0.15, 0.2) is 18.0 Å². The van der Waals surface area contributed by atoms with Gasteiger partial charge >= 0.3 is 5.65 Å². The quantitative estimate of drug-likeness (QED) is 0.372. The molecule has 1 amide bonds. The Kier molecular flexibility index (Phi) is 3.84. The standard InChI is InChI=1S/C16H14N6O4/c1-10-4-12(23)16-21(18-8-22(16)20-10)7-15(24)19-17-6-11-2-3-13-14(5-11)26-9-25-13/h2-6,8H,7,9H2,1H3,(H-,19,20,23,24)/p+1/b17-6-. The molecule has 0 bridgehead atoms. The predicted molar refractivity (Wildman–Crippen MR) is 89.0 cm³/mol. The average Bonchev–Trinajstić information content (AvgIpc) is 3.21. The van der Waals surface area contributed by atoms with Crippen molar-refractivity contribution in [3.63, 3.8) is 0 Å². The van der Waals surface area contributed by atoms with Gasteiger partial charge in [0.05, 0.1) is 6.21 Å². The molecule has 0 aliphatic carbocycles. The Balaban J connectivity index is 1.44. The first-order chi connectivity index (χ1) is 12.6. The molecule has 0 atom stereocenters. The molecule has 2 N–H and O–H groups in total. The van der Waals surface area contributed by atoms with Crippen LogP contribution in [0.2, 0.25) is 0 Å². The molecule has 0 saturated carbocycles. The Bertz CT molecular complexity index is 1080. The molecule has 2 aromatic heterocycles. The first-order valence-corrected chi connectivity index (χ1v) is 7.79. The number of ether oxygens (including phenoxy) is 2. The number of nitrogens with zero attached hydrogens (tertiary/aromatic N) is 4. The van der Waals surface area contributed by atoms with E-state index < -0.39 is 5.91 Å². The minimum atomic E-state index is -0.410. The fourth-order valence-corrected chi connectivity index (χ4v) is 2.62. The van der Waals surface area contributed by atoms with Crippen molar-refractivity contribution in [2.75, 3.05) is 6.79 Å². The number of amides is 1. The number of aromatic nitrogens is 4. The SMILES string of the molecule is Cc1cc(=O)c2n(CC(=O)N/N=C\c3ccc4c(c3)OCO4)nc[n+]2[nH]1. The van der Waals surface area contributed by atoms with Gasteiger partial charge in [-0.2, -0.15) is 5.10 Å². The second kappa shape index (κ2) is 6.31. The highest BCUT2D eigenvalue weighted by molar-refractivity contribution is 5.83. The van der Waals surface area contributed by atoms with Gasteiger partial charge in [-0.25, -0.2) is 10.5 Å². The van der Waals surface area contributed by atoms with Gasteiger partial charge in [0.25, 0.3) is 17.7 Å². The molecule has 0 fully saturated rings. The number of hydrogen-bond acceptors (Lipinski definition) is 6. The van der Waals surface area contributed by atoms with Crippen LogP contribution in [0.1, 0.15) is 11.3 Å². The monoisotopic (exact) mass is 355 g/mol. The largest absolute Gasteiger partial charge is 0.454 e. The van der Waals surface area contributed by atoms with Crippen LogP contribution in [0.15, 0.2) is 40.5 Å². The minimum Gasteiger partial charge on any atom is -0.454 e. The molecule has 4 rings (SSSR count). The lowest BCUT2D eigenvalue weighted by molar-refractivity contribution is -0.582. The van der Waals surface area contributed by atoms with Gasteiger partial charge in [0.1, 0.15) is 0 Å². The van der Waals surface area contributed by atoms with E-state index in [1.807, 2.05) is 0 Å². The molecule has 1 aliphatic rings. The van der Waals surface area contributed by atoms with Crippen molar-refractivity contribution >= 4 is 17.8 Å². The molecule has 26 heavy (non-hydrogen) atoms. The average molecular weight is 355 g/mol. The number of nitrogens with one attached hydrogen (secondary N) is 2. The fraction of sp³-hybridized carbons (Fsp3) is 0.188. The molecular formula is C16H15N6O4+. The molecule has 3 aromatic rings. The van der Waals surface area contributed by atoms with Crippen molar-refractivity contribution in [2.45, 2.75) is 13.5 Å². The normalized spacial score (nSPS) is 12.8.